The van der Waals surface area contributed by atoms with Gasteiger partial charge in [0.1, 0.15) is 0 Å². The fourth-order valence-electron chi connectivity index (χ4n) is 1.71. The Labute approximate surface area is 120 Å². The summed E-state index contributed by atoms with van der Waals surface area (Å²) in [5, 5.41) is 7.19. The number of rotatable bonds is 6. The summed E-state index contributed by atoms with van der Waals surface area (Å²) in [7, 11) is 0. The van der Waals surface area contributed by atoms with Gasteiger partial charge in [-0.1, -0.05) is 0 Å². The summed E-state index contributed by atoms with van der Waals surface area (Å²) in [6, 6.07) is 1.78. The molecule has 0 spiro atoms. The van der Waals surface area contributed by atoms with E-state index in [0.717, 1.165) is 6.54 Å². The standard InChI is InChI=1S/C11H14N10/c12-19-10-16-9(14-4-7-20-6-3-13-8-20)17-11(18-10)21-5-1-2-15-21/h1-3,5-6,8H,4,7,12H2,(H2,14,16,17,18,19). The van der Waals surface area contributed by atoms with Crippen LogP contribution < -0.4 is 16.6 Å². The molecule has 108 valence electrons. The van der Waals surface area contributed by atoms with E-state index in [0.29, 0.717) is 18.4 Å². The second-order valence-electron chi connectivity index (χ2n) is 4.10. The molecule has 0 aliphatic rings. The van der Waals surface area contributed by atoms with Crippen LogP contribution in [0, 0.1) is 0 Å². The lowest BCUT2D eigenvalue weighted by Gasteiger charge is -2.08. The van der Waals surface area contributed by atoms with Crippen molar-refractivity contribution in [3.8, 4) is 5.95 Å². The smallest absolute Gasteiger partial charge is 0.257 e. The number of hydrogen-bond acceptors (Lipinski definition) is 8. The largest absolute Gasteiger partial charge is 0.352 e. The minimum Gasteiger partial charge on any atom is -0.352 e. The molecular formula is C11H14N10. The van der Waals surface area contributed by atoms with E-state index in [4.69, 9.17) is 5.84 Å². The van der Waals surface area contributed by atoms with Gasteiger partial charge in [-0.3, -0.25) is 5.43 Å². The van der Waals surface area contributed by atoms with Gasteiger partial charge in [0, 0.05) is 37.9 Å². The molecule has 0 fully saturated rings. The van der Waals surface area contributed by atoms with Gasteiger partial charge in [-0.05, 0) is 6.07 Å². The lowest BCUT2D eigenvalue weighted by Crippen LogP contribution is -2.17. The van der Waals surface area contributed by atoms with Crippen molar-refractivity contribution in [1.82, 2.24) is 34.3 Å². The third-order valence-electron chi connectivity index (χ3n) is 2.67. The van der Waals surface area contributed by atoms with Crippen LogP contribution in [-0.4, -0.2) is 40.8 Å². The molecule has 0 unspecified atom stereocenters. The number of nitrogens with one attached hydrogen (secondary N) is 2. The number of nitrogens with zero attached hydrogens (tertiary/aromatic N) is 7. The Morgan fingerprint density at radius 1 is 1.10 bits per heavy atom. The molecule has 0 aliphatic carbocycles. The average Bonchev–Trinajstić information content (AvgIpc) is 3.20. The lowest BCUT2D eigenvalue weighted by atomic mass is 10.6. The molecule has 3 aromatic heterocycles. The Balaban J connectivity index is 1.73. The molecule has 0 aliphatic heterocycles. The van der Waals surface area contributed by atoms with E-state index in [9.17, 15) is 0 Å². The van der Waals surface area contributed by atoms with Crippen molar-refractivity contribution < 1.29 is 0 Å². The summed E-state index contributed by atoms with van der Waals surface area (Å²) in [4.78, 5) is 16.6. The molecule has 10 heteroatoms. The second-order valence-corrected chi connectivity index (χ2v) is 4.10. The van der Waals surface area contributed by atoms with Gasteiger partial charge in [0.2, 0.25) is 11.9 Å². The van der Waals surface area contributed by atoms with Crippen molar-refractivity contribution >= 4 is 11.9 Å². The van der Waals surface area contributed by atoms with Gasteiger partial charge in [0.15, 0.2) is 0 Å². The van der Waals surface area contributed by atoms with Gasteiger partial charge < -0.3 is 9.88 Å². The van der Waals surface area contributed by atoms with Crippen LogP contribution in [0.1, 0.15) is 0 Å². The van der Waals surface area contributed by atoms with Crippen LogP contribution in [0.5, 0.6) is 0 Å². The van der Waals surface area contributed by atoms with Gasteiger partial charge in [-0.15, -0.1) is 0 Å². The molecule has 4 N–H and O–H groups in total. The fourth-order valence-corrected chi connectivity index (χ4v) is 1.71. The van der Waals surface area contributed by atoms with Crippen molar-refractivity contribution in [3.63, 3.8) is 0 Å². The maximum Gasteiger partial charge on any atom is 0.257 e. The number of aromatic nitrogens is 7. The molecule has 10 nitrogen and oxygen atoms in total. The topological polar surface area (TPSA) is 124 Å². The van der Waals surface area contributed by atoms with Gasteiger partial charge >= 0.3 is 0 Å². The summed E-state index contributed by atoms with van der Waals surface area (Å²) in [5.41, 5.74) is 2.42. The van der Waals surface area contributed by atoms with E-state index in [1.807, 2.05) is 10.8 Å². The Morgan fingerprint density at radius 3 is 2.71 bits per heavy atom. The first kappa shape index (κ1) is 13.0. The van der Waals surface area contributed by atoms with Crippen molar-refractivity contribution in [3.05, 3.63) is 37.2 Å². The molecule has 0 amide bonds. The van der Waals surface area contributed by atoms with E-state index in [2.05, 4.69) is 35.8 Å². The first-order valence-electron chi connectivity index (χ1n) is 6.27. The maximum absolute atomic E-state index is 5.37. The van der Waals surface area contributed by atoms with E-state index in [1.54, 1.807) is 31.0 Å². The zero-order valence-electron chi connectivity index (χ0n) is 11.1. The first-order chi connectivity index (χ1) is 10.3. The number of anilines is 2. The Kier molecular flexibility index (Phi) is 3.69. The maximum atomic E-state index is 5.37. The number of nitrogen functional groups attached to an aromatic ring is 1. The van der Waals surface area contributed by atoms with Crippen molar-refractivity contribution in [1.29, 1.82) is 0 Å². The number of hydrogen-bond donors (Lipinski definition) is 3. The second kappa shape index (κ2) is 5.96. The Hall–Kier alpha value is -3.01. The van der Waals surface area contributed by atoms with Crippen molar-refractivity contribution in [2.45, 2.75) is 6.54 Å². The predicted octanol–water partition coefficient (Wildman–Crippen LogP) is -0.349. The van der Waals surface area contributed by atoms with Crippen molar-refractivity contribution in [2.24, 2.45) is 5.84 Å². The normalized spacial score (nSPS) is 10.5. The van der Waals surface area contributed by atoms with Gasteiger partial charge in [-0.2, -0.15) is 20.1 Å². The zero-order chi connectivity index (χ0) is 14.5. The van der Waals surface area contributed by atoms with Gasteiger partial charge in [0.05, 0.1) is 6.33 Å². The number of hydrazine groups is 1. The number of nitrogens with two attached hydrogens (primary N) is 1. The highest BCUT2D eigenvalue weighted by molar-refractivity contribution is 5.36. The first-order valence-corrected chi connectivity index (χ1v) is 6.27. The van der Waals surface area contributed by atoms with Crippen LogP contribution in [0.25, 0.3) is 5.95 Å². The molecule has 3 heterocycles. The molecular weight excluding hydrogens is 272 g/mol. The van der Waals surface area contributed by atoms with Gasteiger partial charge in [-0.25, -0.2) is 15.5 Å². The average molecular weight is 286 g/mol. The summed E-state index contributed by atoms with van der Waals surface area (Å²) in [6.07, 6.45) is 8.75. The molecule has 0 saturated heterocycles. The summed E-state index contributed by atoms with van der Waals surface area (Å²) < 4.78 is 3.48. The molecule has 0 radical (unpaired) electrons. The molecule has 3 rings (SSSR count). The molecule has 0 atom stereocenters. The number of imidazole rings is 1. The van der Waals surface area contributed by atoms with Crippen molar-refractivity contribution in [2.75, 3.05) is 17.3 Å². The van der Waals surface area contributed by atoms with Crippen LogP contribution >= 0.6 is 0 Å². The minimum atomic E-state index is 0.264. The van der Waals surface area contributed by atoms with Crippen LogP contribution in [0.4, 0.5) is 11.9 Å². The Bertz CT molecular complexity index is 675. The predicted molar refractivity (Wildman–Crippen MR) is 75.5 cm³/mol. The lowest BCUT2D eigenvalue weighted by molar-refractivity contribution is 0.720. The quantitative estimate of drug-likeness (QED) is 0.415. The van der Waals surface area contributed by atoms with Crippen LogP contribution in [0.15, 0.2) is 37.2 Å². The summed E-state index contributed by atoms with van der Waals surface area (Å²) in [5.74, 6) is 6.44. The third kappa shape index (κ3) is 3.12. The van der Waals surface area contributed by atoms with Gasteiger partial charge in [0.25, 0.3) is 5.95 Å². The van der Waals surface area contributed by atoms with Crippen LogP contribution in [-0.2, 0) is 6.54 Å². The summed E-state index contributed by atoms with van der Waals surface area (Å²) in [6.45, 7) is 1.39. The minimum absolute atomic E-state index is 0.264. The highest BCUT2D eigenvalue weighted by atomic mass is 15.4. The van der Waals surface area contributed by atoms with E-state index in [1.165, 1.54) is 4.68 Å². The molecule has 0 aromatic carbocycles. The molecule has 0 saturated carbocycles. The van der Waals surface area contributed by atoms with E-state index < -0.39 is 0 Å². The SMILES string of the molecule is NNc1nc(NCCn2ccnc2)nc(-n2cccn2)n1. The summed E-state index contributed by atoms with van der Waals surface area (Å²) >= 11 is 0. The molecule has 21 heavy (non-hydrogen) atoms. The zero-order valence-corrected chi connectivity index (χ0v) is 11.1. The Morgan fingerprint density at radius 2 is 2.00 bits per heavy atom. The highest BCUT2D eigenvalue weighted by Crippen LogP contribution is 2.07. The highest BCUT2D eigenvalue weighted by Gasteiger charge is 2.07. The van der Waals surface area contributed by atoms with Crippen LogP contribution in [0.3, 0.4) is 0 Å². The van der Waals surface area contributed by atoms with E-state index >= 15 is 0 Å². The van der Waals surface area contributed by atoms with Crippen LogP contribution in [0.2, 0.25) is 0 Å². The third-order valence-corrected chi connectivity index (χ3v) is 2.67. The monoisotopic (exact) mass is 286 g/mol. The van der Waals surface area contributed by atoms with E-state index in [-0.39, 0.29) is 5.95 Å². The fraction of sp³-hybridized carbons (Fsp3) is 0.182. The molecule has 0 bridgehead atoms. The molecule has 3 aromatic rings.